The molecular formula is C27H48O8S. The highest BCUT2D eigenvalue weighted by atomic mass is 32.3. The number of rotatable bonds is 9. The molecule has 0 aliphatic heterocycles. The first-order chi connectivity index (χ1) is 16.8. The van der Waals surface area contributed by atoms with E-state index in [1.165, 1.54) is 0 Å². The molecule has 4 rings (SSSR count). The number of fused-ring (bicyclic) bond motifs is 5. The van der Waals surface area contributed by atoms with Gasteiger partial charge in [0.05, 0.1) is 24.9 Å². The Balaban J connectivity index is 1.42. The summed E-state index contributed by atoms with van der Waals surface area (Å²) in [5.41, 5.74) is -0.0696. The van der Waals surface area contributed by atoms with Gasteiger partial charge in [0.15, 0.2) is 0 Å². The average molecular weight is 533 g/mol. The largest absolute Gasteiger partial charge is 0.397 e. The predicted molar refractivity (Wildman–Crippen MR) is 135 cm³/mol. The van der Waals surface area contributed by atoms with Crippen molar-refractivity contribution in [2.24, 2.45) is 52.3 Å². The average Bonchev–Trinajstić information content (AvgIpc) is 3.12. The summed E-state index contributed by atoms with van der Waals surface area (Å²) in [6, 6.07) is 0. The molecule has 0 aromatic carbocycles. The molecular weight excluding hydrogens is 484 g/mol. The van der Waals surface area contributed by atoms with Gasteiger partial charge in [0.2, 0.25) is 0 Å². The molecule has 36 heavy (non-hydrogen) atoms. The quantitative estimate of drug-likeness (QED) is 0.285. The normalized spacial score (nSPS) is 46.4. The van der Waals surface area contributed by atoms with Crippen LogP contribution in [0.25, 0.3) is 0 Å². The fourth-order valence-corrected chi connectivity index (χ4v) is 9.99. The van der Waals surface area contributed by atoms with Crippen LogP contribution in [0.4, 0.5) is 0 Å². The summed E-state index contributed by atoms with van der Waals surface area (Å²) in [5, 5.41) is 42.9. The molecule has 0 heterocycles. The van der Waals surface area contributed by atoms with Crippen LogP contribution in [0.3, 0.4) is 0 Å². The molecule has 8 nitrogen and oxygen atoms in total. The minimum absolute atomic E-state index is 0.0308. The topological polar surface area (TPSA) is 145 Å². The molecule has 0 spiro atoms. The van der Waals surface area contributed by atoms with E-state index in [0.29, 0.717) is 24.2 Å². The Morgan fingerprint density at radius 2 is 1.72 bits per heavy atom. The third-order valence-electron chi connectivity index (χ3n) is 11.3. The van der Waals surface area contributed by atoms with Crippen LogP contribution >= 0.6 is 0 Å². The Labute approximate surface area is 216 Å². The van der Waals surface area contributed by atoms with Crippen molar-refractivity contribution in [3.63, 3.8) is 0 Å². The first-order valence-corrected chi connectivity index (χ1v) is 15.4. The van der Waals surface area contributed by atoms with Gasteiger partial charge in [-0.3, -0.25) is 4.55 Å². The van der Waals surface area contributed by atoms with Crippen molar-refractivity contribution in [2.45, 2.75) is 103 Å². The zero-order valence-electron chi connectivity index (χ0n) is 22.1. The van der Waals surface area contributed by atoms with E-state index in [2.05, 4.69) is 25.0 Å². The Morgan fingerprint density at radius 3 is 2.39 bits per heavy atom. The molecule has 210 valence electrons. The van der Waals surface area contributed by atoms with Crippen molar-refractivity contribution in [3.05, 3.63) is 0 Å². The molecule has 12 atom stereocenters. The molecule has 0 aromatic rings. The summed E-state index contributed by atoms with van der Waals surface area (Å²) < 4.78 is 34.9. The van der Waals surface area contributed by atoms with Crippen LogP contribution in [-0.2, 0) is 14.6 Å². The second kappa shape index (κ2) is 10.7. The van der Waals surface area contributed by atoms with Crippen molar-refractivity contribution in [1.82, 2.24) is 0 Å². The zero-order chi connectivity index (χ0) is 26.5. The molecule has 9 heteroatoms. The van der Waals surface area contributed by atoms with E-state index in [1.807, 2.05) is 0 Å². The lowest BCUT2D eigenvalue weighted by atomic mass is 9.43. The van der Waals surface area contributed by atoms with Crippen LogP contribution in [0.2, 0.25) is 0 Å². The van der Waals surface area contributed by atoms with Gasteiger partial charge < -0.3 is 20.4 Å². The molecule has 0 aromatic heterocycles. The minimum Gasteiger partial charge on any atom is -0.396 e. The summed E-state index contributed by atoms with van der Waals surface area (Å²) in [7, 11) is -4.51. The van der Waals surface area contributed by atoms with Crippen molar-refractivity contribution in [3.8, 4) is 0 Å². The summed E-state index contributed by atoms with van der Waals surface area (Å²) in [4.78, 5) is 0. The second-order valence-corrected chi connectivity index (χ2v) is 14.4. The van der Waals surface area contributed by atoms with Crippen molar-refractivity contribution < 1.29 is 37.6 Å². The molecule has 0 radical (unpaired) electrons. The minimum atomic E-state index is -4.51. The molecule has 0 saturated heterocycles. The van der Waals surface area contributed by atoms with Crippen LogP contribution in [0.5, 0.6) is 0 Å². The SMILES string of the molecule is C[C@H](CCC[C@@H](CO)COS(=O)(=O)O)[C@H]1CCC2C3C([C@H](O)C[C@@]21C)[C@@]1(C)CC[C@@H](O)C[C@H]1C[C@H]3O. The summed E-state index contributed by atoms with van der Waals surface area (Å²) in [6.45, 7) is 6.47. The lowest BCUT2D eigenvalue weighted by Gasteiger charge is -2.63. The van der Waals surface area contributed by atoms with Gasteiger partial charge in [0.1, 0.15) is 0 Å². The van der Waals surface area contributed by atoms with E-state index in [4.69, 9.17) is 4.55 Å². The number of aliphatic hydroxyl groups is 4. The standard InChI is InChI=1S/C27H48O8S/c1-16(5-4-6-17(14-28)15-35-36(32,33)34)20-7-8-21-24-22(30)12-18-11-19(29)9-10-26(18,2)25(24)23(31)13-27(20,21)3/h16-25,28-31H,4-15H2,1-3H3,(H,32,33,34)/t16-,17+,18+,19-,20-,21?,22-,23-,24?,25?,26+,27-/m1/s1. The lowest BCUT2D eigenvalue weighted by molar-refractivity contribution is -0.213. The van der Waals surface area contributed by atoms with Crippen molar-refractivity contribution in [2.75, 3.05) is 13.2 Å². The van der Waals surface area contributed by atoms with E-state index >= 15 is 0 Å². The zero-order valence-corrected chi connectivity index (χ0v) is 22.9. The predicted octanol–water partition coefficient (Wildman–Crippen LogP) is 3.18. The molecule has 4 saturated carbocycles. The van der Waals surface area contributed by atoms with E-state index in [9.17, 15) is 28.8 Å². The first kappa shape index (κ1) is 28.7. The van der Waals surface area contributed by atoms with Gasteiger partial charge in [-0.15, -0.1) is 0 Å². The van der Waals surface area contributed by atoms with E-state index in [-0.39, 0.29) is 53.8 Å². The Morgan fingerprint density at radius 1 is 1.00 bits per heavy atom. The van der Waals surface area contributed by atoms with Gasteiger partial charge in [-0.25, -0.2) is 4.18 Å². The van der Waals surface area contributed by atoms with Crippen molar-refractivity contribution in [1.29, 1.82) is 0 Å². The van der Waals surface area contributed by atoms with Crippen molar-refractivity contribution >= 4 is 10.4 Å². The van der Waals surface area contributed by atoms with Gasteiger partial charge in [-0.2, -0.15) is 8.42 Å². The number of hydrogen-bond acceptors (Lipinski definition) is 7. The van der Waals surface area contributed by atoms with E-state index in [0.717, 1.165) is 57.8 Å². The number of hydrogen-bond donors (Lipinski definition) is 5. The maximum absolute atomic E-state index is 11.6. The summed E-state index contributed by atoms with van der Waals surface area (Å²) in [6.07, 6.45) is 7.26. The highest BCUT2D eigenvalue weighted by Gasteiger charge is 2.65. The Hall–Kier alpha value is -0.290. The van der Waals surface area contributed by atoms with E-state index in [1.54, 1.807) is 0 Å². The molecule has 4 aliphatic carbocycles. The maximum Gasteiger partial charge on any atom is 0.397 e. The van der Waals surface area contributed by atoms with Gasteiger partial charge in [-0.1, -0.05) is 33.6 Å². The van der Waals surface area contributed by atoms with Crippen LogP contribution < -0.4 is 0 Å². The van der Waals surface area contributed by atoms with Gasteiger partial charge in [0.25, 0.3) is 0 Å². The fourth-order valence-electron chi connectivity index (χ4n) is 9.62. The van der Waals surface area contributed by atoms with Gasteiger partial charge in [-0.05, 0) is 97.7 Å². The maximum atomic E-state index is 11.6. The lowest BCUT2D eigenvalue weighted by Crippen LogP contribution is -2.63. The molecule has 4 fully saturated rings. The molecule has 3 unspecified atom stereocenters. The Kier molecular flexibility index (Phi) is 8.53. The summed E-state index contributed by atoms with van der Waals surface area (Å²) >= 11 is 0. The molecule has 4 aliphatic rings. The van der Waals surface area contributed by atoms with Crippen LogP contribution in [0, 0.1) is 52.3 Å². The molecule has 0 amide bonds. The van der Waals surface area contributed by atoms with Crippen LogP contribution in [0.1, 0.15) is 85.0 Å². The van der Waals surface area contributed by atoms with Crippen LogP contribution in [0.15, 0.2) is 0 Å². The highest BCUT2D eigenvalue weighted by Crippen LogP contribution is 2.68. The third kappa shape index (κ3) is 5.40. The smallest absolute Gasteiger partial charge is 0.396 e. The second-order valence-electron chi connectivity index (χ2n) is 13.3. The van der Waals surface area contributed by atoms with E-state index < -0.39 is 22.6 Å². The monoisotopic (exact) mass is 532 g/mol. The number of aliphatic hydroxyl groups excluding tert-OH is 4. The third-order valence-corrected chi connectivity index (χ3v) is 11.8. The van der Waals surface area contributed by atoms with Crippen LogP contribution in [-0.4, -0.2) is 64.9 Å². The molecule has 0 bridgehead atoms. The Bertz CT molecular complexity index is 866. The highest BCUT2D eigenvalue weighted by molar-refractivity contribution is 7.80. The van der Waals surface area contributed by atoms with Gasteiger partial charge >= 0.3 is 10.4 Å². The summed E-state index contributed by atoms with van der Waals surface area (Å²) in [5.74, 6) is 1.32. The van der Waals surface area contributed by atoms with Gasteiger partial charge in [0, 0.05) is 12.5 Å². The molecule has 5 N–H and O–H groups in total. The fraction of sp³-hybridized carbons (Fsp3) is 1.00. The first-order valence-electron chi connectivity index (χ1n) is 14.1.